The molecule has 3 aromatic rings. The Morgan fingerprint density at radius 2 is 2.04 bits per heavy atom. The molecule has 0 aliphatic carbocycles. The van der Waals surface area contributed by atoms with E-state index in [-0.39, 0.29) is 47.6 Å². The van der Waals surface area contributed by atoms with Crippen molar-refractivity contribution in [2.24, 2.45) is 0 Å². The van der Waals surface area contributed by atoms with E-state index in [1.807, 2.05) is 0 Å². The fourth-order valence-electron chi connectivity index (χ4n) is 2.40. The van der Waals surface area contributed by atoms with Gasteiger partial charge < -0.3 is 20.6 Å². The SMILES string of the molecule is COc1ccnc(CS(=O)c2nc3ccc(OC(F)F)cc3[nH]2)c1OC.[H-].[Na+]. The average Bonchev–Trinajstić information content (AvgIpc) is 3.04. The molecule has 0 fully saturated rings. The van der Waals surface area contributed by atoms with Crippen molar-refractivity contribution in [2.75, 3.05) is 14.2 Å². The maximum Gasteiger partial charge on any atom is 1.00 e. The molecular weight excluding hydrogens is 391 g/mol. The van der Waals surface area contributed by atoms with Gasteiger partial charge in [0.15, 0.2) is 16.7 Å². The summed E-state index contributed by atoms with van der Waals surface area (Å²) in [5.41, 5.74) is 1.38. The molecule has 0 saturated heterocycles. The molecule has 1 unspecified atom stereocenters. The van der Waals surface area contributed by atoms with Crippen LogP contribution < -0.4 is 43.8 Å². The van der Waals surface area contributed by atoms with Crippen LogP contribution in [-0.4, -0.2) is 40.0 Å². The third-order valence-electron chi connectivity index (χ3n) is 3.51. The van der Waals surface area contributed by atoms with Gasteiger partial charge in [-0.2, -0.15) is 8.78 Å². The monoisotopic (exact) mass is 407 g/mol. The Balaban J connectivity index is 0.00000196. The van der Waals surface area contributed by atoms with Crippen LogP contribution in [0.5, 0.6) is 17.2 Å². The molecule has 0 bridgehead atoms. The van der Waals surface area contributed by atoms with E-state index in [0.29, 0.717) is 28.2 Å². The maximum absolute atomic E-state index is 12.6. The van der Waals surface area contributed by atoms with Crippen molar-refractivity contribution < 1.29 is 58.2 Å². The largest absolute Gasteiger partial charge is 1.00 e. The Labute approximate surface area is 179 Å². The molecule has 7 nitrogen and oxygen atoms in total. The van der Waals surface area contributed by atoms with Crippen molar-refractivity contribution in [3.63, 3.8) is 0 Å². The van der Waals surface area contributed by atoms with Crippen molar-refractivity contribution in [3.8, 4) is 17.2 Å². The topological polar surface area (TPSA) is 86.3 Å². The summed E-state index contributed by atoms with van der Waals surface area (Å²) in [6.45, 7) is -2.92. The van der Waals surface area contributed by atoms with Crippen molar-refractivity contribution in [1.82, 2.24) is 15.0 Å². The van der Waals surface area contributed by atoms with E-state index in [1.54, 1.807) is 6.07 Å². The van der Waals surface area contributed by atoms with Crippen LogP contribution in [0.25, 0.3) is 11.0 Å². The Kier molecular flexibility index (Phi) is 7.54. The predicted octanol–water partition coefficient (Wildman–Crippen LogP) is 0.000800. The van der Waals surface area contributed by atoms with Crippen LogP contribution in [0.4, 0.5) is 8.78 Å². The molecule has 0 radical (unpaired) electrons. The summed E-state index contributed by atoms with van der Waals surface area (Å²) in [6.07, 6.45) is 1.53. The molecule has 140 valence electrons. The Morgan fingerprint density at radius 1 is 1.26 bits per heavy atom. The molecule has 1 aromatic carbocycles. The van der Waals surface area contributed by atoms with Gasteiger partial charge >= 0.3 is 36.2 Å². The molecule has 2 aromatic heterocycles. The number of H-pyrrole nitrogens is 1. The summed E-state index contributed by atoms with van der Waals surface area (Å²) in [7, 11) is 1.41. The number of rotatable bonds is 7. The van der Waals surface area contributed by atoms with Gasteiger partial charge in [-0.1, -0.05) is 0 Å². The number of aromatic nitrogens is 3. The molecule has 2 heterocycles. The number of pyridine rings is 1. The second kappa shape index (κ2) is 9.45. The normalized spacial score (nSPS) is 11.9. The Morgan fingerprint density at radius 3 is 2.70 bits per heavy atom. The number of benzene rings is 1. The zero-order valence-corrected chi connectivity index (χ0v) is 17.7. The second-order valence-electron chi connectivity index (χ2n) is 5.08. The van der Waals surface area contributed by atoms with Crippen LogP contribution >= 0.6 is 0 Å². The number of hydrogen-bond acceptors (Lipinski definition) is 6. The van der Waals surface area contributed by atoms with Crippen LogP contribution in [-0.2, 0) is 16.6 Å². The quantitative estimate of drug-likeness (QED) is 0.555. The van der Waals surface area contributed by atoms with Crippen molar-refractivity contribution in [1.29, 1.82) is 0 Å². The summed E-state index contributed by atoms with van der Waals surface area (Å²) in [4.78, 5) is 11.3. The van der Waals surface area contributed by atoms with Gasteiger partial charge in [-0.25, -0.2) is 4.98 Å². The number of nitrogens with one attached hydrogen (secondary N) is 1. The molecule has 27 heavy (non-hydrogen) atoms. The summed E-state index contributed by atoms with van der Waals surface area (Å²) < 4.78 is 52.1. The predicted molar refractivity (Wildman–Crippen MR) is 91.3 cm³/mol. The molecule has 0 aliphatic rings. The zero-order valence-electron chi connectivity index (χ0n) is 15.9. The number of aromatic amines is 1. The standard InChI is InChI=1S/C16H15F2N3O4S.Na.H/c1-23-13-5-6-19-12(14(13)24-2)8-26(22)16-20-10-4-3-9(25-15(17)18)7-11(10)21-16;;/h3-7,15H,8H2,1-2H3,(H,20,21);;/q;+1;-1. The molecule has 1 atom stereocenters. The number of fused-ring (bicyclic) bond motifs is 1. The minimum Gasteiger partial charge on any atom is -1.00 e. The summed E-state index contributed by atoms with van der Waals surface area (Å²) in [5.74, 6) is 0.908. The molecule has 0 saturated carbocycles. The van der Waals surface area contributed by atoms with Crippen LogP contribution in [0, 0.1) is 0 Å². The van der Waals surface area contributed by atoms with Gasteiger partial charge in [-0.15, -0.1) is 0 Å². The van der Waals surface area contributed by atoms with E-state index in [0.717, 1.165) is 0 Å². The Hall–Kier alpha value is -1.75. The summed E-state index contributed by atoms with van der Waals surface area (Å²) in [5, 5.41) is 0.195. The third kappa shape index (κ3) is 4.95. The van der Waals surface area contributed by atoms with E-state index in [2.05, 4.69) is 19.7 Å². The van der Waals surface area contributed by atoms with Crippen LogP contribution in [0.2, 0.25) is 0 Å². The molecule has 0 amide bonds. The number of hydrogen-bond donors (Lipinski definition) is 1. The van der Waals surface area contributed by atoms with Gasteiger partial charge in [0.25, 0.3) is 0 Å². The summed E-state index contributed by atoms with van der Waals surface area (Å²) >= 11 is 0. The van der Waals surface area contributed by atoms with E-state index in [4.69, 9.17) is 9.47 Å². The number of methoxy groups -OCH3 is 2. The molecule has 0 aliphatic heterocycles. The molecule has 1 N–H and O–H groups in total. The second-order valence-corrected chi connectivity index (χ2v) is 6.45. The van der Waals surface area contributed by atoms with Crippen molar-refractivity contribution in [2.45, 2.75) is 17.5 Å². The van der Waals surface area contributed by atoms with E-state index >= 15 is 0 Å². The molecular formula is C16H16F2N3NaO4S. The maximum atomic E-state index is 12.6. The van der Waals surface area contributed by atoms with Crippen molar-refractivity contribution in [3.05, 3.63) is 36.2 Å². The number of imidazole rings is 1. The van der Waals surface area contributed by atoms with Gasteiger partial charge in [-0.05, 0) is 12.1 Å². The van der Waals surface area contributed by atoms with E-state index in [1.165, 1.54) is 38.6 Å². The minimum absolute atomic E-state index is 0. The molecule has 0 spiro atoms. The minimum atomic E-state index is -2.92. The van der Waals surface area contributed by atoms with Gasteiger partial charge in [0, 0.05) is 18.3 Å². The van der Waals surface area contributed by atoms with Crippen LogP contribution in [0.15, 0.2) is 35.6 Å². The van der Waals surface area contributed by atoms with Gasteiger partial charge in [0.05, 0.1) is 47.5 Å². The van der Waals surface area contributed by atoms with Crippen molar-refractivity contribution >= 4 is 21.8 Å². The van der Waals surface area contributed by atoms with Crippen LogP contribution in [0.1, 0.15) is 7.12 Å². The van der Waals surface area contributed by atoms with Crippen LogP contribution in [0.3, 0.4) is 0 Å². The van der Waals surface area contributed by atoms with E-state index < -0.39 is 17.4 Å². The number of nitrogens with zero attached hydrogens (tertiary/aromatic N) is 2. The zero-order chi connectivity index (χ0) is 18.7. The number of halogens is 2. The number of ether oxygens (including phenoxy) is 3. The summed E-state index contributed by atoms with van der Waals surface area (Å²) in [6, 6.07) is 5.89. The first-order valence-electron chi connectivity index (χ1n) is 7.40. The average molecular weight is 407 g/mol. The Bertz CT molecular complexity index is 961. The number of alkyl halides is 2. The van der Waals surface area contributed by atoms with Gasteiger partial charge in [0.1, 0.15) is 5.75 Å². The first-order valence-corrected chi connectivity index (χ1v) is 8.72. The fourth-order valence-corrected chi connectivity index (χ4v) is 3.41. The third-order valence-corrected chi connectivity index (χ3v) is 4.67. The smallest absolute Gasteiger partial charge is 1.00 e. The molecule has 3 rings (SSSR count). The fraction of sp³-hybridized carbons (Fsp3) is 0.250. The first kappa shape index (κ1) is 21.5. The van der Waals surface area contributed by atoms with Gasteiger partial charge in [-0.3, -0.25) is 9.19 Å². The first-order chi connectivity index (χ1) is 12.5. The van der Waals surface area contributed by atoms with E-state index in [9.17, 15) is 13.0 Å². The van der Waals surface area contributed by atoms with Gasteiger partial charge in [0.2, 0.25) is 0 Å². The molecule has 11 heteroatoms.